The second-order valence-corrected chi connectivity index (χ2v) is 8.12. The molecule has 1 aromatic rings. The molecule has 34 heavy (non-hydrogen) atoms. The van der Waals surface area contributed by atoms with Gasteiger partial charge in [-0.15, -0.1) is 0 Å². The second-order valence-electron chi connectivity index (χ2n) is 8.12. The van der Waals surface area contributed by atoms with Crippen LogP contribution in [0.2, 0.25) is 0 Å². The molecular weight excluding hydrogens is 444 g/mol. The molecule has 0 aromatic heterocycles. The van der Waals surface area contributed by atoms with Crippen LogP contribution in [0.3, 0.4) is 0 Å². The molecule has 1 saturated heterocycles. The molecule has 3 rings (SSSR count). The predicted octanol–water partition coefficient (Wildman–Crippen LogP) is 0.439. The van der Waals surface area contributed by atoms with Gasteiger partial charge in [0.05, 0.1) is 52.9 Å². The first-order chi connectivity index (χ1) is 16.6. The van der Waals surface area contributed by atoms with Crippen LogP contribution in [0.25, 0.3) is 0 Å². The zero-order valence-electron chi connectivity index (χ0n) is 19.5. The highest BCUT2D eigenvalue weighted by Gasteiger charge is 2.39. The Hall–Kier alpha value is -2.37. The van der Waals surface area contributed by atoms with Crippen molar-refractivity contribution in [1.82, 2.24) is 10.2 Å². The Morgan fingerprint density at radius 3 is 2.21 bits per heavy atom. The van der Waals surface area contributed by atoms with Crippen molar-refractivity contribution in [1.29, 1.82) is 0 Å². The zero-order valence-corrected chi connectivity index (χ0v) is 19.5. The lowest BCUT2D eigenvalue weighted by atomic mass is 10.00. The number of ether oxygens (including phenoxy) is 4. The molecule has 10 heteroatoms. The van der Waals surface area contributed by atoms with E-state index in [1.165, 1.54) is 0 Å². The number of hydrogen-bond donors (Lipinski definition) is 2. The van der Waals surface area contributed by atoms with Gasteiger partial charge < -0.3 is 29.0 Å². The summed E-state index contributed by atoms with van der Waals surface area (Å²) in [5, 5.41) is 10.9. The minimum absolute atomic E-state index is 0.0134. The quantitative estimate of drug-likeness (QED) is 0.259. The molecule has 2 heterocycles. The summed E-state index contributed by atoms with van der Waals surface area (Å²) in [6.07, 6.45) is 2.19. The van der Waals surface area contributed by atoms with Crippen LogP contribution in [0.4, 0.5) is 0 Å². The van der Waals surface area contributed by atoms with E-state index in [2.05, 4.69) is 5.32 Å². The molecule has 0 bridgehead atoms. The van der Waals surface area contributed by atoms with Crippen LogP contribution in [-0.2, 0) is 41.5 Å². The average Bonchev–Trinajstić information content (AvgIpc) is 3.16. The maximum atomic E-state index is 12.9. The number of nitrogens with one attached hydrogen (secondary N) is 1. The Labute approximate surface area is 199 Å². The molecule has 0 aliphatic carbocycles. The molecule has 0 radical (unpaired) electrons. The SMILES string of the molecule is O=C1CCC(N2Cc3c(CCCOCCOCCOCCOCCO)cccc3C2=O)C(=O)N1. The topological polar surface area (TPSA) is 124 Å². The van der Waals surface area contributed by atoms with E-state index in [0.29, 0.717) is 71.4 Å². The predicted molar refractivity (Wildman–Crippen MR) is 121 cm³/mol. The highest BCUT2D eigenvalue weighted by atomic mass is 16.6. The van der Waals surface area contributed by atoms with Crippen molar-refractivity contribution >= 4 is 17.7 Å². The van der Waals surface area contributed by atoms with Gasteiger partial charge >= 0.3 is 0 Å². The third-order valence-electron chi connectivity index (χ3n) is 5.77. The maximum absolute atomic E-state index is 12.9. The standard InChI is InChI=1S/C24H34N2O8/c27-8-10-32-12-14-34-16-15-33-13-11-31-9-2-4-18-3-1-5-19-20(18)17-26(24(19)30)21-6-7-22(28)25-23(21)29/h1,3,5,21,27H,2,4,6-17H2,(H,25,28,29). The highest BCUT2D eigenvalue weighted by Crippen LogP contribution is 2.30. The Bertz CT molecular complexity index is 831. The van der Waals surface area contributed by atoms with Gasteiger partial charge in [0.2, 0.25) is 11.8 Å². The van der Waals surface area contributed by atoms with E-state index in [4.69, 9.17) is 24.1 Å². The summed E-state index contributed by atoms with van der Waals surface area (Å²) >= 11 is 0. The van der Waals surface area contributed by atoms with E-state index in [-0.39, 0.29) is 24.8 Å². The molecule has 2 aliphatic rings. The van der Waals surface area contributed by atoms with Crippen LogP contribution in [-0.4, -0.2) is 93.2 Å². The van der Waals surface area contributed by atoms with Gasteiger partial charge in [0.15, 0.2) is 0 Å². The molecule has 1 aromatic carbocycles. The van der Waals surface area contributed by atoms with Crippen LogP contribution in [0, 0.1) is 0 Å². The monoisotopic (exact) mass is 478 g/mol. The van der Waals surface area contributed by atoms with Crippen LogP contribution < -0.4 is 5.32 Å². The largest absolute Gasteiger partial charge is 0.394 e. The number of aliphatic hydroxyl groups is 1. The number of piperidine rings is 1. The first-order valence-electron chi connectivity index (χ1n) is 11.8. The van der Waals surface area contributed by atoms with Gasteiger partial charge in [0, 0.05) is 25.1 Å². The highest BCUT2D eigenvalue weighted by molar-refractivity contribution is 6.05. The molecule has 10 nitrogen and oxygen atoms in total. The number of amides is 3. The van der Waals surface area contributed by atoms with Crippen LogP contribution in [0.15, 0.2) is 18.2 Å². The fraction of sp³-hybridized carbons (Fsp3) is 0.625. The van der Waals surface area contributed by atoms with Gasteiger partial charge in [0.25, 0.3) is 5.91 Å². The van der Waals surface area contributed by atoms with Crippen molar-refractivity contribution in [3.8, 4) is 0 Å². The van der Waals surface area contributed by atoms with Crippen molar-refractivity contribution in [2.45, 2.75) is 38.3 Å². The number of hydrogen-bond acceptors (Lipinski definition) is 8. The summed E-state index contributed by atoms with van der Waals surface area (Å²) < 4.78 is 21.5. The van der Waals surface area contributed by atoms with Crippen LogP contribution in [0.1, 0.15) is 40.7 Å². The van der Waals surface area contributed by atoms with Crippen molar-refractivity contribution in [2.75, 3.05) is 59.5 Å². The summed E-state index contributed by atoms with van der Waals surface area (Å²) in [6, 6.07) is 5.08. The lowest BCUT2D eigenvalue weighted by Crippen LogP contribution is -2.52. The minimum atomic E-state index is -0.598. The Kier molecular flexibility index (Phi) is 10.9. The zero-order chi connectivity index (χ0) is 24.2. The van der Waals surface area contributed by atoms with E-state index < -0.39 is 11.9 Å². The van der Waals surface area contributed by atoms with Gasteiger partial charge in [0.1, 0.15) is 6.04 Å². The fourth-order valence-electron chi connectivity index (χ4n) is 4.08. The summed E-state index contributed by atoms with van der Waals surface area (Å²) in [5.41, 5.74) is 2.68. The van der Waals surface area contributed by atoms with Gasteiger partial charge in [-0.3, -0.25) is 19.7 Å². The molecule has 3 amide bonds. The van der Waals surface area contributed by atoms with Gasteiger partial charge in [-0.05, 0) is 36.5 Å². The smallest absolute Gasteiger partial charge is 0.255 e. The molecule has 2 N–H and O–H groups in total. The molecule has 1 fully saturated rings. The Balaban J connectivity index is 1.30. The van der Waals surface area contributed by atoms with E-state index >= 15 is 0 Å². The number of aliphatic hydroxyl groups excluding tert-OH is 1. The van der Waals surface area contributed by atoms with Gasteiger partial charge in [-0.25, -0.2) is 0 Å². The average molecular weight is 479 g/mol. The summed E-state index contributed by atoms with van der Waals surface area (Å²) in [5.74, 6) is -0.833. The van der Waals surface area contributed by atoms with Crippen molar-refractivity contribution in [3.05, 3.63) is 34.9 Å². The van der Waals surface area contributed by atoms with E-state index in [9.17, 15) is 14.4 Å². The molecule has 188 valence electrons. The number of nitrogens with zero attached hydrogens (tertiary/aromatic N) is 1. The summed E-state index contributed by atoms with van der Waals surface area (Å²) in [4.78, 5) is 38.1. The molecule has 0 spiro atoms. The number of carbonyl (C=O) groups is 3. The van der Waals surface area contributed by atoms with Crippen molar-refractivity contribution in [2.24, 2.45) is 0 Å². The molecular formula is C24H34N2O8. The lowest BCUT2D eigenvalue weighted by molar-refractivity contribution is -0.136. The van der Waals surface area contributed by atoms with E-state index in [1.54, 1.807) is 11.0 Å². The van der Waals surface area contributed by atoms with Gasteiger partial charge in [-0.1, -0.05) is 12.1 Å². The molecule has 1 unspecified atom stereocenters. The number of imide groups is 1. The van der Waals surface area contributed by atoms with Crippen LogP contribution >= 0.6 is 0 Å². The lowest BCUT2D eigenvalue weighted by Gasteiger charge is -2.29. The maximum Gasteiger partial charge on any atom is 0.255 e. The van der Waals surface area contributed by atoms with E-state index in [0.717, 1.165) is 24.0 Å². The summed E-state index contributed by atoms with van der Waals surface area (Å²) in [7, 11) is 0. The molecule has 0 saturated carbocycles. The Morgan fingerprint density at radius 1 is 0.912 bits per heavy atom. The summed E-state index contributed by atoms with van der Waals surface area (Å²) in [6.45, 7) is 4.18. The van der Waals surface area contributed by atoms with Crippen LogP contribution in [0.5, 0.6) is 0 Å². The van der Waals surface area contributed by atoms with Gasteiger partial charge in [-0.2, -0.15) is 0 Å². The van der Waals surface area contributed by atoms with Crippen molar-refractivity contribution in [3.63, 3.8) is 0 Å². The molecule has 2 aliphatic heterocycles. The third-order valence-corrected chi connectivity index (χ3v) is 5.77. The number of rotatable bonds is 16. The third kappa shape index (κ3) is 7.57. The number of carbonyl (C=O) groups excluding carboxylic acids is 3. The normalized spacial score (nSPS) is 17.9. The Morgan fingerprint density at radius 2 is 1.56 bits per heavy atom. The first-order valence-corrected chi connectivity index (χ1v) is 11.8. The minimum Gasteiger partial charge on any atom is -0.394 e. The van der Waals surface area contributed by atoms with E-state index in [1.807, 2.05) is 12.1 Å². The number of aryl methyl sites for hydroxylation is 1. The fourth-order valence-corrected chi connectivity index (χ4v) is 4.08. The number of benzene rings is 1. The first kappa shape index (κ1) is 26.2. The van der Waals surface area contributed by atoms with Crippen molar-refractivity contribution < 1.29 is 38.4 Å². The second kappa shape index (κ2) is 14.1. The number of fused-ring (bicyclic) bond motifs is 1. The molecule has 1 atom stereocenters.